The average molecular weight is 267 g/mol. The summed E-state index contributed by atoms with van der Waals surface area (Å²) in [7, 11) is 1.35. The van der Waals surface area contributed by atoms with Crippen LogP contribution in [0.3, 0.4) is 0 Å². The lowest BCUT2D eigenvalue weighted by atomic mass is 9.95. The molecule has 0 radical (unpaired) electrons. The molecule has 6 nitrogen and oxygen atoms in total. The number of methoxy groups -OCH3 is 1. The average Bonchev–Trinajstić information content (AvgIpc) is 3.00. The third-order valence-corrected chi connectivity index (χ3v) is 4.09. The molecule has 18 heavy (non-hydrogen) atoms. The molecule has 1 N–H and O–H groups in total. The number of aromatic nitrogens is 3. The summed E-state index contributed by atoms with van der Waals surface area (Å²) in [6, 6.07) is 0. The van der Waals surface area contributed by atoms with Gasteiger partial charge in [0.1, 0.15) is 16.9 Å². The molecule has 0 amide bonds. The third kappa shape index (κ3) is 2.31. The summed E-state index contributed by atoms with van der Waals surface area (Å²) in [4.78, 5) is 27.2. The topological polar surface area (TPSA) is 84.9 Å². The zero-order valence-corrected chi connectivity index (χ0v) is 10.7. The second kappa shape index (κ2) is 5.34. The number of hydrogen-bond donors (Lipinski definition) is 1. The molecule has 2 rings (SSSR count). The molecule has 1 aromatic rings. The van der Waals surface area contributed by atoms with E-state index in [2.05, 4.69) is 19.9 Å². The summed E-state index contributed by atoms with van der Waals surface area (Å²) in [6.07, 6.45) is 4.29. The van der Waals surface area contributed by atoms with Crippen molar-refractivity contribution in [2.45, 2.75) is 24.0 Å². The summed E-state index contributed by atoms with van der Waals surface area (Å²) >= 11 is 1.40. The van der Waals surface area contributed by atoms with E-state index in [1.54, 1.807) is 5.41 Å². The Bertz CT molecular complexity index is 472. The van der Waals surface area contributed by atoms with Crippen molar-refractivity contribution in [1.29, 1.82) is 0 Å². The number of aromatic amines is 1. The maximum absolute atomic E-state index is 12.0. The first-order valence-electron chi connectivity index (χ1n) is 5.50. The van der Waals surface area contributed by atoms with Crippen LogP contribution in [0.1, 0.15) is 25.1 Å². The molecule has 0 aliphatic carbocycles. The van der Waals surface area contributed by atoms with E-state index in [0.29, 0.717) is 25.1 Å². The Hall–Kier alpha value is -1.63. The van der Waals surface area contributed by atoms with Crippen molar-refractivity contribution in [2.24, 2.45) is 0 Å². The number of rotatable bonds is 5. The van der Waals surface area contributed by atoms with Crippen molar-refractivity contribution < 1.29 is 14.3 Å². The predicted molar refractivity (Wildman–Crippen MR) is 65.7 cm³/mol. The molecule has 1 aliphatic heterocycles. The van der Waals surface area contributed by atoms with Crippen molar-refractivity contribution in [1.82, 2.24) is 15.2 Å². The molecule has 0 saturated heterocycles. The summed E-state index contributed by atoms with van der Waals surface area (Å²) < 4.78 is 3.82. The van der Waals surface area contributed by atoms with Gasteiger partial charge in [0.25, 0.3) is 0 Å². The van der Waals surface area contributed by atoms with E-state index >= 15 is 0 Å². The molecule has 0 spiro atoms. The normalized spacial score (nSPS) is 22.4. The van der Waals surface area contributed by atoms with Gasteiger partial charge in [-0.2, -0.15) is 5.10 Å². The number of nitrogens with zero attached hydrogens (tertiary/aromatic N) is 2. The second-order valence-corrected chi connectivity index (χ2v) is 5.08. The summed E-state index contributed by atoms with van der Waals surface area (Å²) in [6.45, 7) is 0. The minimum Gasteiger partial charge on any atom is -0.469 e. The van der Waals surface area contributed by atoms with Crippen LogP contribution < -0.4 is 0 Å². The highest BCUT2D eigenvalue weighted by molar-refractivity contribution is 8.04. The molecule has 1 aromatic heterocycles. The summed E-state index contributed by atoms with van der Waals surface area (Å²) in [5.41, 5.74) is 0. The van der Waals surface area contributed by atoms with Crippen molar-refractivity contribution in [3.8, 4) is 0 Å². The molecule has 0 bridgehead atoms. The van der Waals surface area contributed by atoms with Crippen molar-refractivity contribution >= 4 is 23.5 Å². The zero-order valence-electron chi connectivity index (χ0n) is 9.88. The Labute approximate surface area is 108 Å². The first-order chi connectivity index (χ1) is 8.69. The van der Waals surface area contributed by atoms with E-state index in [9.17, 15) is 9.59 Å². The Morgan fingerprint density at radius 1 is 1.61 bits per heavy atom. The van der Waals surface area contributed by atoms with Gasteiger partial charge in [0.05, 0.1) is 7.11 Å². The Kier molecular flexibility index (Phi) is 3.81. The Morgan fingerprint density at radius 3 is 3.00 bits per heavy atom. The zero-order chi connectivity index (χ0) is 13.0. The predicted octanol–water partition coefficient (Wildman–Crippen LogP) is 1.17. The molecule has 7 heteroatoms. The summed E-state index contributed by atoms with van der Waals surface area (Å²) in [5, 5.41) is 8.28. The van der Waals surface area contributed by atoms with Crippen LogP contribution in [0.5, 0.6) is 0 Å². The molecule has 1 atom stereocenters. The number of allylic oxidation sites excluding steroid dienone is 1. The lowest BCUT2D eigenvalue weighted by Gasteiger charge is -2.23. The fourth-order valence-electron chi connectivity index (χ4n) is 1.86. The molecule has 0 saturated carbocycles. The quantitative estimate of drug-likeness (QED) is 0.806. The number of carbonyl (C=O) groups excluding carboxylic acids is 2. The lowest BCUT2D eigenvalue weighted by Crippen LogP contribution is -2.30. The van der Waals surface area contributed by atoms with E-state index in [0.717, 1.165) is 0 Å². The van der Waals surface area contributed by atoms with Crippen LogP contribution in [-0.4, -0.2) is 34.0 Å². The van der Waals surface area contributed by atoms with E-state index in [1.807, 2.05) is 0 Å². The molecule has 0 fully saturated rings. The monoisotopic (exact) mass is 267 g/mol. The van der Waals surface area contributed by atoms with Gasteiger partial charge in [-0.3, -0.25) is 14.7 Å². The standard InChI is InChI=1S/C11H13N3O3S/c1-17-9(16)3-2-5-11(8(15)4-6-18-11)10-12-7-13-14-10/h4,6-7H,2-3,5H2,1H3,(H,12,13,14). The van der Waals surface area contributed by atoms with Gasteiger partial charge in [-0.25, -0.2) is 4.98 Å². The summed E-state index contributed by atoms with van der Waals surface area (Å²) in [5.74, 6) is 0.243. The lowest BCUT2D eigenvalue weighted by molar-refractivity contribution is -0.140. The highest BCUT2D eigenvalue weighted by Gasteiger charge is 2.44. The minimum atomic E-state index is -0.759. The van der Waals surface area contributed by atoms with Crippen molar-refractivity contribution in [3.05, 3.63) is 23.6 Å². The number of ketones is 1. The molecule has 2 heterocycles. The van der Waals surface area contributed by atoms with E-state index < -0.39 is 4.75 Å². The first-order valence-corrected chi connectivity index (χ1v) is 6.38. The smallest absolute Gasteiger partial charge is 0.305 e. The van der Waals surface area contributed by atoms with Crippen LogP contribution >= 0.6 is 11.8 Å². The van der Waals surface area contributed by atoms with Gasteiger partial charge in [0.2, 0.25) is 0 Å². The molecular formula is C11H13N3O3S. The van der Waals surface area contributed by atoms with Crippen LogP contribution in [0.2, 0.25) is 0 Å². The minimum absolute atomic E-state index is 0.0193. The number of esters is 1. The number of thioether (sulfide) groups is 1. The van der Waals surface area contributed by atoms with Crippen molar-refractivity contribution in [2.75, 3.05) is 7.11 Å². The maximum atomic E-state index is 12.0. The Morgan fingerprint density at radius 2 is 2.44 bits per heavy atom. The number of hydrogen-bond acceptors (Lipinski definition) is 6. The fourth-order valence-corrected chi connectivity index (χ4v) is 2.94. The number of carbonyl (C=O) groups is 2. The fraction of sp³-hybridized carbons (Fsp3) is 0.455. The molecule has 1 aliphatic rings. The van der Waals surface area contributed by atoms with Gasteiger partial charge in [0.15, 0.2) is 5.78 Å². The van der Waals surface area contributed by atoms with Crippen LogP contribution in [-0.2, 0) is 19.1 Å². The SMILES string of the molecule is COC(=O)CCCC1(c2ncn[nH]2)SC=CC1=O. The third-order valence-electron chi connectivity index (χ3n) is 2.82. The molecule has 0 aromatic carbocycles. The highest BCUT2D eigenvalue weighted by Crippen LogP contribution is 2.45. The number of nitrogens with one attached hydrogen (secondary N) is 1. The van der Waals surface area contributed by atoms with E-state index in [-0.39, 0.29) is 11.8 Å². The van der Waals surface area contributed by atoms with Crippen molar-refractivity contribution in [3.63, 3.8) is 0 Å². The van der Waals surface area contributed by atoms with E-state index in [1.165, 1.54) is 31.3 Å². The van der Waals surface area contributed by atoms with Crippen LogP contribution in [0.4, 0.5) is 0 Å². The molecular weight excluding hydrogens is 254 g/mol. The highest BCUT2D eigenvalue weighted by atomic mass is 32.2. The number of H-pyrrole nitrogens is 1. The van der Waals surface area contributed by atoms with Gasteiger partial charge in [-0.1, -0.05) is 0 Å². The molecule has 1 unspecified atom stereocenters. The van der Waals surface area contributed by atoms with Gasteiger partial charge in [0, 0.05) is 6.42 Å². The van der Waals surface area contributed by atoms with Gasteiger partial charge in [-0.15, -0.1) is 11.8 Å². The van der Waals surface area contributed by atoms with Gasteiger partial charge < -0.3 is 4.74 Å². The van der Waals surface area contributed by atoms with E-state index in [4.69, 9.17) is 0 Å². The van der Waals surface area contributed by atoms with Crippen LogP contribution in [0, 0.1) is 0 Å². The largest absolute Gasteiger partial charge is 0.469 e. The van der Waals surface area contributed by atoms with Gasteiger partial charge >= 0.3 is 5.97 Å². The number of ether oxygens (including phenoxy) is 1. The van der Waals surface area contributed by atoms with Crippen LogP contribution in [0.25, 0.3) is 0 Å². The second-order valence-electron chi connectivity index (χ2n) is 3.88. The van der Waals surface area contributed by atoms with Gasteiger partial charge in [-0.05, 0) is 24.3 Å². The van der Waals surface area contributed by atoms with Crippen LogP contribution in [0.15, 0.2) is 17.8 Å². The molecule has 96 valence electrons. The maximum Gasteiger partial charge on any atom is 0.305 e. The Balaban J connectivity index is 2.08. The first kappa shape index (κ1) is 12.8.